The summed E-state index contributed by atoms with van der Waals surface area (Å²) in [6.45, 7) is 1.92. The molecule has 0 bridgehead atoms. The molecular weight excluding hydrogens is 370 g/mol. The summed E-state index contributed by atoms with van der Waals surface area (Å²) in [7, 11) is -4.08. The van der Waals surface area contributed by atoms with Gasteiger partial charge in [0.2, 0.25) is 10.0 Å². The summed E-state index contributed by atoms with van der Waals surface area (Å²) in [5.74, 6) is -1.74. The highest BCUT2D eigenvalue weighted by atomic mass is 32.2. The zero-order chi connectivity index (χ0) is 19.9. The monoisotopic (exact) mass is 391 g/mol. The minimum Gasteiger partial charge on any atom is -0.480 e. The molecular formula is C19H21NO6S. The van der Waals surface area contributed by atoms with E-state index in [0.29, 0.717) is 11.1 Å². The maximum atomic E-state index is 12.6. The molecule has 1 atom stereocenters. The number of carbonyl (C=O) groups is 2. The zero-order valence-electron chi connectivity index (χ0n) is 14.8. The quantitative estimate of drug-likeness (QED) is 0.631. The lowest BCUT2D eigenvalue weighted by atomic mass is 10.1. The van der Waals surface area contributed by atoms with Crippen molar-refractivity contribution in [2.24, 2.45) is 0 Å². The van der Waals surface area contributed by atoms with Crippen molar-refractivity contribution in [2.75, 3.05) is 6.61 Å². The maximum Gasteiger partial charge on any atom is 0.322 e. The van der Waals surface area contributed by atoms with Crippen LogP contribution in [-0.4, -0.2) is 38.1 Å². The van der Waals surface area contributed by atoms with Crippen LogP contribution in [0.2, 0.25) is 0 Å². The number of carboxylic acids is 1. The topological polar surface area (TPSA) is 110 Å². The Morgan fingerprint density at radius 3 is 2.37 bits per heavy atom. The summed E-state index contributed by atoms with van der Waals surface area (Å²) < 4.78 is 32.3. The van der Waals surface area contributed by atoms with Crippen LogP contribution in [0.3, 0.4) is 0 Å². The molecule has 0 spiro atoms. The van der Waals surface area contributed by atoms with E-state index in [0.717, 1.165) is 0 Å². The first-order valence-corrected chi connectivity index (χ1v) is 9.83. The summed E-state index contributed by atoms with van der Waals surface area (Å²) in [4.78, 5) is 23.0. The third-order valence-corrected chi connectivity index (χ3v) is 5.21. The van der Waals surface area contributed by atoms with Crippen molar-refractivity contribution in [3.05, 3.63) is 65.7 Å². The van der Waals surface area contributed by atoms with Crippen LogP contribution in [0.4, 0.5) is 0 Å². The average Bonchev–Trinajstić information content (AvgIpc) is 2.62. The number of benzene rings is 2. The van der Waals surface area contributed by atoms with Gasteiger partial charge in [-0.3, -0.25) is 9.59 Å². The molecule has 0 aliphatic carbocycles. The number of esters is 1. The first-order valence-electron chi connectivity index (χ1n) is 8.35. The Bertz CT molecular complexity index is 895. The first kappa shape index (κ1) is 20.6. The minimum absolute atomic E-state index is 0.0118. The Hall–Kier alpha value is -2.71. The fraction of sp³-hybridized carbons (Fsp3) is 0.263. The molecule has 0 radical (unpaired) electrons. The van der Waals surface area contributed by atoms with Gasteiger partial charge in [0.25, 0.3) is 0 Å². The Morgan fingerprint density at radius 2 is 1.74 bits per heavy atom. The Morgan fingerprint density at radius 1 is 1.07 bits per heavy atom. The molecule has 144 valence electrons. The van der Waals surface area contributed by atoms with Crippen molar-refractivity contribution in [3.8, 4) is 0 Å². The van der Waals surface area contributed by atoms with Crippen LogP contribution in [-0.2, 0) is 37.2 Å². The van der Waals surface area contributed by atoms with Gasteiger partial charge in [-0.05, 0) is 36.6 Å². The lowest BCUT2D eigenvalue weighted by Crippen LogP contribution is -2.42. The van der Waals surface area contributed by atoms with Crippen LogP contribution < -0.4 is 4.72 Å². The third-order valence-electron chi connectivity index (χ3n) is 3.74. The van der Waals surface area contributed by atoms with E-state index >= 15 is 0 Å². The van der Waals surface area contributed by atoms with Gasteiger partial charge in [-0.15, -0.1) is 0 Å². The summed E-state index contributed by atoms with van der Waals surface area (Å²) in [6.07, 6.45) is -0.0541. The predicted molar refractivity (Wildman–Crippen MR) is 98.7 cm³/mol. The molecule has 0 aromatic heterocycles. The number of carbonyl (C=O) groups excluding carboxylic acids is 1. The number of aliphatic carboxylic acids is 1. The molecule has 0 saturated carbocycles. The van der Waals surface area contributed by atoms with Crippen LogP contribution in [0.1, 0.15) is 18.1 Å². The van der Waals surface area contributed by atoms with E-state index in [9.17, 15) is 23.1 Å². The zero-order valence-corrected chi connectivity index (χ0v) is 15.6. The summed E-state index contributed by atoms with van der Waals surface area (Å²) in [5.41, 5.74) is 1.16. The van der Waals surface area contributed by atoms with Crippen LogP contribution in [0.5, 0.6) is 0 Å². The van der Waals surface area contributed by atoms with Gasteiger partial charge in [0, 0.05) is 0 Å². The van der Waals surface area contributed by atoms with Crippen molar-refractivity contribution in [1.29, 1.82) is 0 Å². The smallest absolute Gasteiger partial charge is 0.322 e. The molecule has 0 unspecified atom stereocenters. The van der Waals surface area contributed by atoms with Gasteiger partial charge >= 0.3 is 11.9 Å². The number of carboxylic acid groups (broad SMARTS) is 1. The second-order valence-electron chi connectivity index (χ2n) is 5.83. The molecule has 0 aliphatic rings. The number of sulfonamides is 1. The molecule has 7 nitrogen and oxygen atoms in total. The largest absolute Gasteiger partial charge is 0.480 e. The van der Waals surface area contributed by atoms with Crippen molar-refractivity contribution < 1.29 is 27.9 Å². The van der Waals surface area contributed by atoms with Crippen LogP contribution >= 0.6 is 0 Å². The molecule has 0 aliphatic heterocycles. The molecule has 8 heteroatoms. The highest BCUT2D eigenvalue weighted by Crippen LogP contribution is 2.14. The van der Waals surface area contributed by atoms with Gasteiger partial charge in [0.1, 0.15) is 6.04 Å². The van der Waals surface area contributed by atoms with Gasteiger partial charge in [-0.25, -0.2) is 8.42 Å². The molecule has 0 fully saturated rings. The average molecular weight is 391 g/mol. The third kappa shape index (κ3) is 6.19. The first-order chi connectivity index (χ1) is 12.8. The lowest BCUT2D eigenvalue weighted by molar-refractivity contribution is -0.142. The van der Waals surface area contributed by atoms with Gasteiger partial charge in [0.05, 0.1) is 17.9 Å². The molecule has 0 saturated heterocycles. The Balaban J connectivity index is 2.18. The van der Waals surface area contributed by atoms with Gasteiger partial charge in [-0.1, -0.05) is 42.5 Å². The molecule has 0 amide bonds. The highest BCUT2D eigenvalue weighted by molar-refractivity contribution is 7.89. The van der Waals surface area contributed by atoms with Crippen molar-refractivity contribution >= 4 is 22.0 Å². The van der Waals surface area contributed by atoms with E-state index in [1.165, 1.54) is 18.2 Å². The molecule has 2 N–H and O–H groups in total. The summed E-state index contributed by atoms with van der Waals surface area (Å²) >= 11 is 0. The summed E-state index contributed by atoms with van der Waals surface area (Å²) in [5, 5.41) is 9.39. The minimum atomic E-state index is -4.08. The number of hydrogen-bond donors (Lipinski definition) is 2. The van der Waals surface area contributed by atoms with Crippen LogP contribution in [0.25, 0.3) is 0 Å². The van der Waals surface area contributed by atoms with Gasteiger partial charge in [0.15, 0.2) is 0 Å². The second-order valence-corrected chi connectivity index (χ2v) is 7.55. The normalized spacial score (nSPS) is 12.3. The van der Waals surface area contributed by atoms with E-state index in [1.54, 1.807) is 43.3 Å². The SMILES string of the molecule is CCOC(=O)Cc1cccc(S(=O)(=O)N[C@@H](Cc2ccccc2)C(=O)O)c1. The fourth-order valence-corrected chi connectivity index (χ4v) is 3.74. The number of ether oxygens (including phenoxy) is 1. The molecule has 2 aromatic rings. The predicted octanol–water partition coefficient (Wildman–Crippen LogP) is 1.77. The highest BCUT2D eigenvalue weighted by Gasteiger charge is 2.26. The van der Waals surface area contributed by atoms with Crippen LogP contribution in [0.15, 0.2) is 59.5 Å². The fourth-order valence-electron chi connectivity index (χ4n) is 2.49. The van der Waals surface area contributed by atoms with E-state index in [1.807, 2.05) is 0 Å². The number of nitrogens with one attached hydrogen (secondary N) is 1. The second kappa shape index (κ2) is 9.29. The van der Waals surface area contributed by atoms with E-state index < -0.39 is 28.0 Å². The van der Waals surface area contributed by atoms with Crippen molar-refractivity contribution in [2.45, 2.75) is 30.7 Å². The van der Waals surface area contributed by atoms with E-state index in [2.05, 4.69) is 4.72 Å². The van der Waals surface area contributed by atoms with Crippen molar-refractivity contribution in [1.82, 2.24) is 4.72 Å². The Labute approximate surface area is 158 Å². The molecule has 2 rings (SSSR count). The molecule has 0 heterocycles. The molecule has 27 heavy (non-hydrogen) atoms. The van der Waals surface area contributed by atoms with Crippen LogP contribution in [0, 0.1) is 0 Å². The number of rotatable bonds is 9. The molecule has 2 aromatic carbocycles. The summed E-state index contributed by atoms with van der Waals surface area (Å²) in [6, 6.07) is 13.2. The number of hydrogen-bond acceptors (Lipinski definition) is 5. The van der Waals surface area contributed by atoms with E-state index in [-0.39, 0.29) is 24.3 Å². The van der Waals surface area contributed by atoms with Crippen molar-refractivity contribution in [3.63, 3.8) is 0 Å². The van der Waals surface area contributed by atoms with Gasteiger partial charge in [-0.2, -0.15) is 4.72 Å². The maximum absolute atomic E-state index is 12.6. The standard InChI is InChI=1S/C19H21NO6S/c1-2-26-18(21)13-15-9-6-10-16(11-15)27(24,25)20-17(19(22)23)12-14-7-4-3-5-8-14/h3-11,17,20H,2,12-13H2,1H3,(H,22,23)/t17-/m0/s1. The van der Waals surface area contributed by atoms with Gasteiger partial charge < -0.3 is 9.84 Å². The van der Waals surface area contributed by atoms with E-state index in [4.69, 9.17) is 4.74 Å². The lowest BCUT2D eigenvalue weighted by Gasteiger charge is -2.15. The Kier molecular flexibility index (Phi) is 7.09.